The molecule has 0 aliphatic carbocycles. The average molecular weight is 453 g/mol. The molecule has 6 heteroatoms. The molecule has 0 saturated carbocycles. The summed E-state index contributed by atoms with van der Waals surface area (Å²) in [5, 5.41) is 1.03. The molecule has 0 N–H and O–H groups in total. The predicted octanol–water partition coefficient (Wildman–Crippen LogP) is 6.08. The highest BCUT2D eigenvalue weighted by Crippen LogP contribution is 2.44. The van der Waals surface area contributed by atoms with E-state index in [1.165, 1.54) is 11.3 Å². The van der Waals surface area contributed by atoms with Gasteiger partial charge in [-0.05, 0) is 55.7 Å². The Morgan fingerprint density at radius 2 is 1.70 bits per heavy atom. The lowest BCUT2D eigenvalue weighted by molar-refractivity contribution is 0.0971. The molecule has 3 heterocycles. The summed E-state index contributed by atoms with van der Waals surface area (Å²) in [6.45, 7) is 6.08. The highest BCUT2D eigenvalue weighted by molar-refractivity contribution is 7.22. The number of nitrogens with zero attached hydrogens (tertiary/aromatic N) is 2. The molecule has 0 fully saturated rings. The van der Waals surface area contributed by atoms with Crippen molar-refractivity contribution in [1.29, 1.82) is 0 Å². The van der Waals surface area contributed by atoms with E-state index >= 15 is 0 Å². The molecule has 5 nitrogen and oxygen atoms in total. The van der Waals surface area contributed by atoms with Crippen molar-refractivity contribution < 1.29 is 9.21 Å². The van der Waals surface area contributed by atoms with E-state index in [0.29, 0.717) is 21.7 Å². The second-order valence-corrected chi connectivity index (χ2v) is 9.59. The first kappa shape index (κ1) is 19.9. The molecule has 1 amide bonds. The monoisotopic (exact) mass is 452 g/mol. The summed E-state index contributed by atoms with van der Waals surface area (Å²) in [6, 6.07) is 18.5. The van der Waals surface area contributed by atoms with E-state index in [1.54, 1.807) is 29.2 Å². The fourth-order valence-electron chi connectivity index (χ4n) is 4.64. The number of benzene rings is 3. The van der Waals surface area contributed by atoms with Gasteiger partial charge in [-0.1, -0.05) is 59.4 Å². The fraction of sp³-hybridized carbons (Fsp3) is 0.148. The fourth-order valence-corrected chi connectivity index (χ4v) is 5.81. The number of anilines is 1. The number of amides is 1. The zero-order chi connectivity index (χ0) is 22.9. The van der Waals surface area contributed by atoms with Gasteiger partial charge in [0.05, 0.1) is 27.2 Å². The van der Waals surface area contributed by atoms with Crippen LogP contribution in [0.1, 0.15) is 44.4 Å². The van der Waals surface area contributed by atoms with E-state index in [0.717, 1.165) is 32.5 Å². The molecule has 6 rings (SSSR count). The van der Waals surface area contributed by atoms with Gasteiger partial charge in [0, 0.05) is 0 Å². The van der Waals surface area contributed by atoms with E-state index in [1.807, 2.05) is 45.0 Å². The van der Waals surface area contributed by atoms with Crippen molar-refractivity contribution in [2.75, 3.05) is 4.90 Å². The van der Waals surface area contributed by atoms with Crippen LogP contribution in [0.5, 0.6) is 0 Å². The Morgan fingerprint density at radius 1 is 0.939 bits per heavy atom. The van der Waals surface area contributed by atoms with Gasteiger partial charge < -0.3 is 4.42 Å². The van der Waals surface area contributed by atoms with Crippen LogP contribution < -0.4 is 10.3 Å². The molecule has 1 aliphatic rings. The Balaban J connectivity index is 1.64. The van der Waals surface area contributed by atoms with Crippen molar-refractivity contribution >= 4 is 43.6 Å². The van der Waals surface area contributed by atoms with E-state index < -0.39 is 6.04 Å². The van der Waals surface area contributed by atoms with Gasteiger partial charge in [-0.2, -0.15) is 0 Å². The highest BCUT2D eigenvalue weighted by Gasteiger charge is 2.45. The quantitative estimate of drug-likeness (QED) is 0.326. The van der Waals surface area contributed by atoms with Crippen LogP contribution >= 0.6 is 11.3 Å². The normalized spacial score (nSPS) is 15.5. The Hall–Kier alpha value is -3.77. The molecule has 1 atom stereocenters. The molecular formula is C27H20N2O3S. The summed E-state index contributed by atoms with van der Waals surface area (Å²) in [6.07, 6.45) is 0. The van der Waals surface area contributed by atoms with Crippen molar-refractivity contribution in [2.24, 2.45) is 0 Å². The van der Waals surface area contributed by atoms with Crippen LogP contribution in [0.25, 0.3) is 21.2 Å². The molecule has 33 heavy (non-hydrogen) atoms. The number of fused-ring (bicyclic) bond motifs is 3. The molecule has 0 bridgehead atoms. The van der Waals surface area contributed by atoms with Crippen LogP contribution in [0.2, 0.25) is 0 Å². The zero-order valence-electron chi connectivity index (χ0n) is 18.4. The highest BCUT2D eigenvalue weighted by atomic mass is 32.1. The maximum Gasteiger partial charge on any atom is 0.297 e. The van der Waals surface area contributed by atoms with Crippen LogP contribution in [-0.2, 0) is 0 Å². The number of carbonyl (C=O) groups excluding carboxylic acids is 1. The summed E-state index contributed by atoms with van der Waals surface area (Å²) < 4.78 is 7.04. The van der Waals surface area contributed by atoms with Gasteiger partial charge in [0.2, 0.25) is 5.76 Å². The van der Waals surface area contributed by atoms with Crippen molar-refractivity contribution in [1.82, 2.24) is 4.98 Å². The minimum atomic E-state index is -0.601. The number of aromatic nitrogens is 1. The number of para-hydroxylation sites is 1. The molecule has 162 valence electrons. The third-order valence-corrected chi connectivity index (χ3v) is 7.20. The standard InChI is InChI=1S/C27H20N2O3S/c1-14-8-10-17(11-9-14)23-21-24(30)18-6-4-5-7-19(18)32-25(21)26(31)29(23)27-28-22-16(3)12-15(2)13-20(22)33-27/h4-13,23H,1-3H3. The smallest absolute Gasteiger partial charge is 0.297 e. The molecule has 1 unspecified atom stereocenters. The van der Waals surface area contributed by atoms with Gasteiger partial charge >= 0.3 is 0 Å². The minimum Gasteiger partial charge on any atom is -0.450 e. The van der Waals surface area contributed by atoms with E-state index in [2.05, 4.69) is 12.1 Å². The Morgan fingerprint density at radius 3 is 2.48 bits per heavy atom. The topological polar surface area (TPSA) is 63.4 Å². The van der Waals surface area contributed by atoms with Gasteiger partial charge in [-0.15, -0.1) is 0 Å². The molecule has 0 saturated heterocycles. The van der Waals surface area contributed by atoms with Gasteiger partial charge in [-0.3, -0.25) is 14.5 Å². The molecule has 5 aromatic rings. The predicted molar refractivity (Wildman–Crippen MR) is 131 cm³/mol. The number of thiazole rings is 1. The van der Waals surface area contributed by atoms with Crippen molar-refractivity contribution in [3.63, 3.8) is 0 Å². The van der Waals surface area contributed by atoms with Gasteiger partial charge in [0.15, 0.2) is 10.6 Å². The van der Waals surface area contributed by atoms with Crippen molar-refractivity contribution in [3.8, 4) is 0 Å². The lowest BCUT2D eigenvalue weighted by atomic mass is 9.98. The third kappa shape index (κ3) is 2.94. The first-order valence-electron chi connectivity index (χ1n) is 10.8. The van der Waals surface area contributed by atoms with Crippen molar-refractivity contribution in [3.05, 3.63) is 104 Å². The molecule has 1 aliphatic heterocycles. The second kappa shape index (κ2) is 7.12. The summed E-state index contributed by atoms with van der Waals surface area (Å²) in [4.78, 5) is 33.8. The molecule has 2 aromatic heterocycles. The maximum absolute atomic E-state index is 13.7. The number of hydrogen-bond donors (Lipinski definition) is 0. The molecular weight excluding hydrogens is 432 g/mol. The average Bonchev–Trinajstić information content (AvgIpc) is 3.34. The maximum atomic E-state index is 13.7. The lowest BCUT2D eigenvalue weighted by Gasteiger charge is -2.22. The summed E-state index contributed by atoms with van der Waals surface area (Å²) in [7, 11) is 0. The van der Waals surface area contributed by atoms with Gasteiger partial charge in [0.25, 0.3) is 5.91 Å². The van der Waals surface area contributed by atoms with Crippen LogP contribution in [0.15, 0.2) is 69.9 Å². The first-order valence-corrected chi connectivity index (χ1v) is 11.6. The number of hydrogen-bond acceptors (Lipinski definition) is 5. The zero-order valence-corrected chi connectivity index (χ0v) is 19.2. The Bertz CT molecular complexity index is 1650. The van der Waals surface area contributed by atoms with Crippen LogP contribution in [0.3, 0.4) is 0 Å². The Labute approximate surface area is 193 Å². The second-order valence-electron chi connectivity index (χ2n) is 8.58. The largest absolute Gasteiger partial charge is 0.450 e. The van der Waals surface area contributed by atoms with Crippen molar-refractivity contribution in [2.45, 2.75) is 26.8 Å². The van der Waals surface area contributed by atoms with Crippen LogP contribution in [-0.4, -0.2) is 10.9 Å². The van der Waals surface area contributed by atoms with Crippen LogP contribution in [0, 0.1) is 20.8 Å². The molecule has 0 radical (unpaired) electrons. The van der Waals surface area contributed by atoms with E-state index in [-0.39, 0.29) is 17.1 Å². The summed E-state index contributed by atoms with van der Waals surface area (Å²) in [5.74, 6) is -0.247. The third-order valence-electron chi connectivity index (χ3n) is 6.20. The summed E-state index contributed by atoms with van der Waals surface area (Å²) in [5.41, 5.74) is 5.63. The van der Waals surface area contributed by atoms with E-state index in [9.17, 15) is 9.59 Å². The number of carbonyl (C=O) groups is 1. The number of rotatable bonds is 2. The first-order chi connectivity index (χ1) is 15.9. The van der Waals surface area contributed by atoms with E-state index in [4.69, 9.17) is 9.40 Å². The Kier molecular flexibility index (Phi) is 4.29. The molecule has 3 aromatic carbocycles. The van der Waals surface area contributed by atoms with Gasteiger partial charge in [-0.25, -0.2) is 4.98 Å². The lowest BCUT2D eigenvalue weighted by Crippen LogP contribution is -2.29. The number of aryl methyl sites for hydroxylation is 3. The SMILES string of the molecule is Cc1ccc(C2c3c(oc4ccccc4c3=O)C(=O)N2c2nc3c(C)cc(C)cc3s2)cc1. The van der Waals surface area contributed by atoms with Crippen LogP contribution in [0.4, 0.5) is 5.13 Å². The molecule has 0 spiro atoms. The minimum absolute atomic E-state index is 0.0939. The van der Waals surface area contributed by atoms with Gasteiger partial charge in [0.1, 0.15) is 5.58 Å². The summed E-state index contributed by atoms with van der Waals surface area (Å²) >= 11 is 1.46.